The van der Waals surface area contributed by atoms with Crippen LogP contribution in [-0.4, -0.2) is 68.4 Å². The summed E-state index contributed by atoms with van der Waals surface area (Å²) in [4.78, 5) is 15.7. The summed E-state index contributed by atoms with van der Waals surface area (Å²) in [6.45, 7) is 11.6. The molecule has 0 aliphatic carbocycles. The fourth-order valence-corrected chi connectivity index (χ4v) is 5.60. The molecule has 0 amide bonds. The second kappa shape index (κ2) is 9.62. The normalized spacial score (nSPS) is 20.1. The van der Waals surface area contributed by atoms with E-state index in [1.807, 2.05) is 4.90 Å². The number of anilines is 1. The van der Waals surface area contributed by atoms with Gasteiger partial charge in [-0.15, -0.1) is 0 Å². The molecule has 0 N–H and O–H groups in total. The van der Waals surface area contributed by atoms with Crippen LogP contribution in [0.1, 0.15) is 40.0 Å². The highest BCUT2D eigenvalue weighted by atomic mass is 32.2. The summed E-state index contributed by atoms with van der Waals surface area (Å²) in [6, 6.07) is 4.38. The fraction of sp³-hybridized carbons (Fsp3) is 0.714. The van der Waals surface area contributed by atoms with Gasteiger partial charge in [0.1, 0.15) is 5.69 Å². The molecule has 0 saturated carbocycles. The largest absolute Gasteiger partial charge is 0.363 e. The molecule has 8 nitrogen and oxygen atoms in total. The number of benzene rings is 1. The van der Waals surface area contributed by atoms with Gasteiger partial charge < -0.3 is 4.90 Å². The molecule has 0 aromatic heterocycles. The van der Waals surface area contributed by atoms with Gasteiger partial charge in [0.25, 0.3) is 5.69 Å². The molecule has 1 aromatic carbocycles. The first kappa shape index (κ1) is 23.0. The molecule has 0 spiro atoms. The highest BCUT2D eigenvalue weighted by Gasteiger charge is 2.31. The van der Waals surface area contributed by atoms with Crippen LogP contribution in [0.2, 0.25) is 0 Å². The third-order valence-corrected chi connectivity index (χ3v) is 8.15. The van der Waals surface area contributed by atoms with Crippen LogP contribution in [0.3, 0.4) is 0 Å². The predicted molar refractivity (Wildman–Crippen MR) is 118 cm³/mol. The Hall–Kier alpha value is -1.71. The van der Waals surface area contributed by atoms with Gasteiger partial charge in [0.15, 0.2) is 0 Å². The Morgan fingerprint density at radius 1 is 1.10 bits per heavy atom. The Morgan fingerprint density at radius 2 is 1.73 bits per heavy atom. The van der Waals surface area contributed by atoms with Crippen LogP contribution in [0.5, 0.6) is 0 Å². The van der Waals surface area contributed by atoms with Crippen LogP contribution >= 0.6 is 0 Å². The van der Waals surface area contributed by atoms with E-state index < -0.39 is 14.9 Å². The van der Waals surface area contributed by atoms with Crippen molar-refractivity contribution in [3.63, 3.8) is 0 Å². The lowest BCUT2D eigenvalue weighted by molar-refractivity contribution is -0.384. The van der Waals surface area contributed by atoms with Gasteiger partial charge in [-0.25, -0.2) is 8.42 Å². The molecule has 2 aliphatic rings. The van der Waals surface area contributed by atoms with Crippen molar-refractivity contribution in [3.05, 3.63) is 28.3 Å². The Bertz CT molecular complexity index is 843. The molecule has 0 unspecified atom stereocenters. The van der Waals surface area contributed by atoms with E-state index in [-0.39, 0.29) is 10.6 Å². The molecule has 0 radical (unpaired) electrons. The first-order valence-electron chi connectivity index (χ1n) is 10.9. The lowest BCUT2D eigenvalue weighted by Gasteiger charge is -2.36. The van der Waals surface area contributed by atoms with E-state index in [0.29, 0.717) is 43.7 Å². The van der Waals surface area contributed by atoms with Crippen LogP contribution in [0.25, 0.3) is 0 Å². The maximum absolute atomic E-state index is 13.0. The summed E-state index contributed by atoms with van der Waals surface area (Å²) in [5.41, 5.74) is 0.381. The Morgan fingerprint density at radius 3 is 2.30 bits per heavy atom. The topological polar surface area (TPSA) is 87.0 Å². The summed E-state index contributed by atoms with van der Waals surface area (Å²) < 4.78 is 27.5. The highest BCUT2D eigenvalue weighted by molar-refractivity contribution is 7.89. The fourth-order valence-electron chi connectivity index (χ4n) is 4.10. The second-order valence-corrected chi connectivity index (χ2v) is 10.9. The predicted octanol–water partition coefficient (Wildman–Crippen LogP) is 3.18. The van der Waals surface area contributed by atoms with E-state index in [2.05, 4.69) is 25.7 Å². The average Bonchev–Trinajstić information content (AvgIpc) is 2.72. The molecule has 2 heterocycles. The van der Waals surface area contributed by atoms with E-state index in [1.54, 1.807) is 6.07 Å². The Balaban J connectivity index is 1.75. The van der Waals surface area contributed by atoms with Gasteiger partial charge in [0.05, 0.1) is 9.82 Å². The number of rotatable bonds is 7. The molecule has 1 aromatic rings. The smallest absolute Gasteiger partial charge is 0.293 e. The van der Waals surface area contributed by atoms with Gasteiger partial charge in [-0.1, -0.05) is 20.8 Å². The number of piperazine rings is 1. The maximum Gasteiger partial charge on any atom is 0.293 e. The summed E-state index contributed by atoms with van der Waals surface area (Å²) >= 11 is 0. The molecule has 9 heteroatoms. The second-order valence-electron chi connectivity index (χ2n) is 9.01. The summed E-state index contributed by atoms with van der Waals surface area (Å²) in [7, 11) is -3.71. The van der Waals surface area contributed by atoms with Crippen molar-refractivity contribution in [3.8, 4) is 0 Å². The minimum Gasteiger partial charge on any atom is -0.363 e. The van der Waals surface area contributed by atoms with Crippen molar-refractivity contribution < 1.29 is 13.3 Å². The maximum atomic E-state index is 13.0. The number of sulfonamides is 1. The molecular weight excluding hydrogens is 404 g/mol. The number of hydrogen-bond donors (Lipinski definition) is 0. The lowest BCUT2D eigenvalue weighted by atomic mass is 10.0. The number of piperidine rings is 1. The zero-order chi connectivity index (χ0) is 21.9. The summed E-state index contributed by atoms with van der Waals surface area (Å²) in [5, 5.41) is 11.8. The Labute approximate surface area is 180 Å². The minimum atomic E-state index is -3.71. The quantitative estimate of drug-likeness (QED) is 0.480. The van der Waals surface area contributed by atoms with Crippen molar-refractivity contribution in [1.29, 1.82) is 0 Å². The van der Waals surface area contributed by atoms with Crippen LogP contribution in [0, 0.1) is 22.0 Å². The average molecular weight is 439 g/mol. The zero-order valence-corrected chi connectivity index (χ0v) is 19.1. The van der Waals surface area contributed by atoms with E-state index >= 15 is 0 Å². The summed E-state index contributed by atoms with van der Waals surface area (Å²) in [6.07, 6.45) is 2.78. The first-order valence-corrected chi connectivity index (χ1v) is 12.4. The zero-order valence-electron chi connectivity index (χ0n) is 18.3. The molecule has 2 saturated heterocycles. The number of hydrogen-bond acceptors (Lipinski definition) is 6. The van der Waals surface area contributed by atoms with Gasteiger partial charge in [-0.05, 0) is 49.8 Å². The summed E-state index contributed by atoms with van der Waals surface area (Å²) in [5.74, 6) is 1.16. The molecule has 168 valence electrons. The first-order chi connectivity index (χ1) is 14.2. The number of nitro benzene ring substituents is 1. The van der Waals surface area contributed by atoms with Crippen molar-refractivity contribution in [1.82, 2.24) is 9.21 Å². The van der Waals surface area contributed by atoms with Gasteiger partial charge >= 0.3 is 0 Å². The van der Waals surface area contributed by atoms with E-state index in [9.17, 15) is 18.5 Å². The van der Waals surface area contributed by atoms with Gasteiger partial charge in [-0.2, -0.15) is 4.31 Å². The third kappa shape index (κ3) is 5.31. The molecule has 0 bridgehead atoms. The number of nitrogens with zero attached hydrogens (tertiary/aromatic N) is 4. The monoisotopic (exact) mass is 438 g/mol. The van der Waals surface area contributed by atoms with Crippen molar-refractivity contribution >= 4 is 21.4 Å². The van der Waals surface area contributed by atoms with Crippen LogP contribution < -0.4 is 4.90 Å². The van der Waals surface area contributed by atoms with Crippen LogP contribution in [0.4, 0.5) is 11.4 Å². The molecular formula is C21H34N4O4S. The molecule has 2 fully saturated rings. The molecule has 3 rings (SSSR count). The number of nitro groups is 1. The van der Waals surface area contributed by atoms with Gasteiger partial charge in [-0.3, -0.25) is 15.0 Å². The van der Waals surface area contributed by atoms with Crippen molar-refractivity contribution in [2.24, 2.45) is 11.8 Å². The van der Waals surface area contributed by atoms with E-state index in [4.69, 9.17) is 0 Å². The minimum absolute atomic E-state index is 0.0167. The lowest BCUT2D eigenvalue weighted by Crippen LogP contribution is -2.47. The van der Waals surface area contributed by atoms with Crippen LogP contribution in [0.15, 0.2) is 23.1 Å². The highest BCUT2D eigenvalue weighted by Crippen LogP contribution is 2.33. The van der Waals surface area contributed by atoms with Crippen molar-refractivity contribution in [2.75, 3.05) is 50.7 Å². The van der Waals surface area contributed by atoms with Gasteiger partial charge in [0.2, 0.25) is 10.0 Å². The van der Waals surface area contributed by atoms with Crippen molar-refractivity contribution in [2.45, 2.75) is 44.9 Å². The molecule has 2 aliphatic heterocycles. The van der Waals surface area contributed by atoms with E-state index in [0.717, 1.165) is 38.9 Å². The molecule has 30 heavy (non-hydrogen) atoms. The molecule has 0 atom stereocenters. The SMILES string of the molecule is CC(C)CCN1CCN(c2ccc(S(=O)(=O)N3CCC(C)CC3)cc2[N+](=O)[O-])CC1. The third-order valence-electron chi connectivity index (χ3n) is 6.26. The Kier molecular flexibility index (Phi) is 7.36. The van der Waals surface area contributed by atoms with E-state index in [1.165, 1.54) is 16.4 Å². The van der Waals surface area contributed by atoms with Crippen LogP contribution in [-0.2, 0) is 10.0 Å². The van der Waals surface area contributed by atoms with Gasteiger partial charge in [0, 0.05) is 45.3 Å². The standard InChI is InChI=1S/C21H34N4O4S/c1-17(2)6-9-22-12-14-23(15-13-22)20-5-4-19(16-21(20)25(26)27)30(28,29)24-10-7-18(3)8-11-24/h4-5,16-18H,6-15H2,1-3H3.